The van der Waals surface area contributed by atoms with Gasteiger partial charge in [0.25, 0.3) is 13.4 Å². The van der Waals surface area contributed by atoms with Gasteiger partial charge in [-0.15, -0.1) is 0 Å². The molecule has 6 aliphatic rings. The molecule has 0 spiro atoms. The SMILES string of the molecule is c1ccc(-c2ccc3c(c2)Oc2cc(N(c4ccccc4)c4ccccc4)cc4c2B3c2cc3c(cc2N4c2ccccc2)N(c2ccccc2)c2c4c5c(c6c2B3c2ccc(-c3ccccc3)cc2O6)CCCN5CCC4)cc1. The van der Waals surface area contributed by atoms with Crippen molar-refractivity contribution in [3.05, 3.63) is 254 Å². The van der Waals surface area contributed by atoms with Gasteiger partial charge < -0.3 is 29.1 Å². The molecule has 11 aromatic carbocycles. The molecule has 6 heterocycles. The Morgan fingerprint density at radius 3 is 1.44 bits per heavy atom. The van der Waals surface area contributed by atoms with Crippen LogP contribution in [-0.2, 0) is 12.8 Å². The average molecular weight is 1030 g/mol. The summed E-state index contributed by atoms with van der Waals surface area (Å²) in [7, 11) is 0. The van der Waals surface area contributed by atoms with Gasteiger partial charge in [0.05, 0.1) is 11.4 Å². The number of anilines is 10. The van der Waals surface area contributed by atoms with E-state index in [1.54, 1.807) is 0 Å². The summed E-state index contributed by atoms with van der Waals surface area (Å²) in [6.07, 6.45) is 4.23. The first-order valence-corrected chi connectivity index (χ1v) is 28.4. The lowest BCUT2D eigenvalue weighted by Crippen LogP contribution is -2.64. The molecule has 0 aromatic heterocycles. The molecule has 80 heavy (non-hydrogen) atoms. The van der Waals surface area contributed by atoms with Crippen molar-refractivity contribution in [3.8, 4) is 45.3 Å². The first-order chi connectivity index (χ1) is 39.7. The minimum absolute atomic E-state index is 0.105. The number of hydrogen-bond donors (Lipinski definition) is 0. The van der Waals surface area contributed by atoms with Crippen LogP contribution < -0.4 is 61.9 Å². The molecule has 6 nitrogen and oxygen atoms in total. The predicted octanol–water partition coefficient (Wildman–Crippen LogP) is 14.0. The van der Waals surface area contributed by atoms with Gasteiger partial charge in [0, 0.05) is 70.2 Å². The van der Waals surface area contributed by atoms with Crippen molar-refractivity contribution in [1.29, 1.82) is 0 Å². The van der Waals surface area contributed by atoms with Gasteiger partial charge in [-0.05, 0) is 159 Å². The number of ether oxygens (including phenoxy) is 2. The Morgan fingerprint density at radius 2 is 0.850 bits per heavy atom. The first kappa shape index (κ1) is 45.4. The lowest BCUT2D eigenvalue weighted by Gasteiger charge is -2.48. The third kappa shape index (κ3) is 6.88. The molecule has 0 radical (unpaired) electrons. The van der Waals surface area contributed by atoms with Crippen LogP contribution in [0.15, 0.2) is 243 Å². The van der Waals surface area contributed by atoms with Gasteiger partial charge in [-0.25, -0.2) is 0 Å². The van der Waals surface area contributed by atoms with Crippen molar-refractivity contribution in [2.75, 3.05) is 32.7 Å². The molecular weight excluding hydrogens is 974 g/mol. The Kier molecular flexibility index (Phi) is 10.2. The highest BCUT2D eigenvalue weighted by molar-refractivity contribution is 7.02. The average Bonchev–Trinajstić information content (AvgIpc) is 3.64. The van der Waals surface area contributed by atoms with E-state index in [-0.39, 0.29) is 13.4 Å². The van der Waals surface area contributed by atoms with Gasteiger partial charge in [0.1, 0.15) is 23.0 Å². The predicted molar refractivity (Wildman–Crippen MR) is 333 cm³/mol. The fourth-order valence-corrected chi connectivity index (χ4v) is 14.4. The highest BCUT2D eigenvalue weighted by Crippen LogP contribution is 2.53. The van der Waals surface area contributed by atoms with E-state index >= 15 is 0 Å². The van der Waals surface area contributed by atoms with E-state index in [0.29, 0.717) is 0 Å². The molecule has 17 rings (SSSR count). The van der Waals surface area contributed by atoms with Crippen LogP contribution >= 0.6 is 0 Å². The molecule has 0 saturated heterocycles. The van der Waals surface area contributed by atoms with Crippen LogP contribution in [-0.4, -0.2) is 26.5 Å². The highest BCUT2D eigenvalue weighted by atomic mass is 16.5. The number of para-hydroxylation sites is 4. The van der Waals surface area contributed by atoms with Crippen molar-refractivity contribution < 1.29 is 9.47 Å². The second-order valence-corrected chi connectivity index (χ2v) is 22.1. The molecule has 0 bridgehead atoms. The Morgan fingerprint density at radius 1 is 0.350 bits per heavy atom. The van der Waals surface area contributed by atoms with Crippen LogP contribution in [0.5, 0.6) is 23.0 Å². The normalized spacial score (nSPS) is 14.5. The molecule has 0 unspecified atom stereocenters. The van der Waals surface area contributed by atoms with E-state index in [1.165, 1.54) is 55.6 Å². The molecule has 0 N–H and O–H groups in total. The summed E-state index contributed by atoms with van der Waals surface area (Å²) in [6.45, 7) is 1.85. The molecule has 6 aliphatic heterocycles. The molecule has 0 fully saturated rings. The lowest BCUT2D eigenvalue weighted by atomic mass is 9.30. The molecule has 0 saturated carbocycles. The maximum atomic E-state index is 7.56. The summed E-state index contributed by atoms with van der Waals surface area (Å²) in [6, 6.07) is 88.8. The highest BCUT2D eigenvalue weighted by Gasteiger charge is 2.50. The summed E-state index contributed by atoms with van der Waals surface area (Å²) < 4.78 is 15.0. The zero-order valence-electron chi connectivity index (χ0n) is 44.1. The van der Waals surface area contributed by atoms with E-state index in [1.807, 2.05) is 0 Å². The standard InChI is InChI=1S/C72H52B2N4O2/c1-7-21-47(22-8-1)49-35-37-58-65(41-49)79-67-44-55(76(51-25-11-3-12-26-51)52-27-13-4-14-28-52)43-64-68(67)73(58)60-45-61-63(46-62(60)77(64)53-29-15-5-16-30-53)78(54-31-17-6-18-32-54)71-56-33-19-39-75-40-20-34-57(70(56)75)72-69(71)74(61)59-38-36-50(42-66(59)80-72)48-23-9-2-10-24-48/h1-18,21-32,35-38,41-46H,19-20,33-34,39-40H2. The molecule has 0 amide bonds. The van der Waals surface area contributed by atoms with Crippen LogP contribution in [0.4, 0.5) is 56.9 Å². The first-order valence-electron chi connectivity index (χ1n) is 28.4. The monoisotopic (exact) mass is 1030 g/mol. The van der Waals surface area contributed by atoms with Gasteiger partial charge >= 0.3 is 0 Å². The summed E-state index contributed by atoms with van der Waals surface area (Å²) in [5, 5.41) is 0. The van der Waals surface area contributed by atoms with E-state index in [2.05, 4.69) is 262 Å². The third-order valence-corrected chi connectivity index (χ3v) is 17.7. The Balaban J connectivity index is 0.980. The Bertz CT molecular complexity index is 4240. The van der Waals surface area contributed by atoms with Crippen molar-refractivity contribution in [3.63, 3.8) is 0 Å². The van der Waals surface area contributed by atoms with E-state index in [4.69, 9.17) is 9.47 Å². The molecule has 0 aliphatic carbocycles. The summed E-state index contributed by atoms with van der Waals surface area (Å²) in [4.78, 5) is 10.2. The number of benzene rings is 11. The minimum Gasteiger partial charge on any atom is -0.458 e. The quantitative estimate of drug-likeness (QED) is 0.148. The summed E-state index contributed by atoms with van der Waals surface area (Å²) >= 11 is 0. The van der Waals surface area contributed by atoms with Gasteiger partial charge in [-0.2, -0.15) is 0 Å². The Labute approximate surface area is 467 Å². The summed E-state index contributed by atoms with van der Waals surface area (Å²) in [5.74, 6) is 3.70. The lowest BCUT2D eigenvalue weighted by molar-refractivity contribution is 0.475. The van der Waals surface area contributed by atoms with Gasteiger partial charge in [-0.1, -0.05) is 164 Å². The van der Waals surface area contributed by atoms with E-state index in [9.17, 15) is 0 Å². The van der Waals surface area contributed by atoms with Gasteiger partial charge in [-0.3, -0.25) is 0 Å². The second-order valence-electron chi connectivity index (χ2n) is 22.1. The van der Waals surface area contributed by atoms with Crippen LogP contribution in [0.25, 0.3) is 22.3 Å². The van der Waals surface area contributed by atoms with Crippen LogP contribution in [0.2, 0.25) is 0 Å². The van der Waals surface area contributed by atoms with Crippen molar-refractivity contribution in [2.45, 2.75) is 25.7 Å². The van der Waals surface area contributed by atoms with Gasteiger partial charge in [0.2, 0.25) is 0 Å². The molecule has 0 atom stereocenters. The van der Waals surface area contributed by atoms with E-state index in [0.717, 1.165) is 129 Å². The number of hydrogen-bond acceptors (Lipinski definition) is 6. The third-order valence-electron chi connectivity index (χ3n) is 17.7. The van der Waals surface area contributed by atoms with Crippen LogP contribution in [0.3, 0.4) is 0 Å². The Hall–Kier alpha value is -9.65. The topological polar surface area (TPSA) is 31.4 Å². The maximum absolute atomic E-state index is 7.56. The smallest absolute Gasteiger partial charge is 0.256 e. The molecule has 378 valence electrons. The number of fused-ring (bicyclic) bond motifs is 10. The zero-order valence-corrected chi connectivity index (χ0v) is 44.1. The number of rotatable bonds is 7. The minimum atomic E-state index is -0.172. The summed E-state index contributed by atoms with van der Waals surface area (Å²) in [5.41, 5.74) is 26.2. The van der Waals surface area contributed by atoms with Gasteiger partial charge in [0.15, 0.2) is 0 Å². The van der Waals surface area contributed by atoms with Crippen molar-refractivity contribution in [2.24, 2.45) is 0 Å². The largest absolute Gasteiger partial charge is 0.458 e. The fraction of sp³-hybridized carbons (Fsp3) is 0.0833. The van der Waals surface area contributed by atoms with Crippen LogP contribution in [0, 0.1) is 0 Å². The zero-order chi connectivity index (χ0) is 52.4. The fourth-order valence-electron chi connectivity index (χ4n) is 14.4. The van der Waals surface area contributed by atoms with Crippen molar-refractivity contribution in [1.82, 2.24) is 0 Å². The maximum Gasteiger partial charge on any atom is 0.256 e. The molecule has 8 heteroatoms. The van der Waals surface area contributed by atoms with Crippen molar-refractivity contribution >= 4 is 103 Å². The number of nitrogens with zero attached hydrogens (tertiary/aromatic N) is 4. The van der Waals surface area contributed by atoms with Crippen LogP contribution in [0.1, 0.15) is 24.0 Å². The molecular formula is C72H52B2N4O2. The van der Waals surface area contributed by atoms with E-state index < -0.39 is 0 Å². The molecule has 11 aromatic rings. The second kappa shape index (κ2) is 17.9.